The van der Waals surface area contributed by atoms with E-state index >= 15 is 0 Å². The van der Waals surface area contributed by atoms with Crippen molar-refractivity contribution in [2.75, 3.05) is 26.6 Å². The van der Waals surface area contributed by atoms with E-state index in [-0.39, 0.29) is 36.6 Å². The maximum Gasteiger partial charge on any atom is 0.258 e. The van der Waals surface area contributed by atoms with Gasteiger partial charge in [-0.1, -0.05) is 143 Å². The number of aryl methyl sites for hydroxylation is 7. The molecule has 0 atom stereocenters. The van der Waals surface area contributed by atoms with Crippen LogP contribution < -0.4 is 26.6 Å². The van der Waals surface area contributed by atoms with Crippen LogP contribution in [0.5, 0.6) is 0 Å². The first-order valence-corrected chi connectivity index (χ1v) is 38.7. The quantitative estimate of drug-likeness (QED) is 0.0638. The minimum Gasteiger partial charge on any atom is -0.322 e. The molecule has 0 unspecified atom stereocenters. The molecule has 596 valence electrons. The van der Waals surface area contributed by atoms with E-state index in [2.05, 4.69) is 92.4 Å². The smallest absolute Gasteiger partial charge is 0.258 e. The van der Waals surface area contributed by atoms with Crippen molar-refractivity contribution in [3.63, 3.8) is 0 Å². The van der Waals surface area contributed by atoms with E-state index in [1.165, 1.54) is 6.07 Å². The zero-order chi connectivity index (χ0) is 83.8. The van der Waals surface area contributed by atoms with Gasteiger partial charge in [0.1, 0.15) is 34.9 Å². The van der Waals surface area contributed by atoms with Gasteiger partial charge in [-0.05, 0) is 242 Å². The third-order valence-corrected chi connectivity index (χ3v) is 18.9. The largest absolute Gasteiger partial charge is 0.322 e. The summed E-state index contributed by atoms with van der Waals surface area (Å²) in [5.74, 6) is 1.87. The van der Waals surface area contributed by atoms with Crippen molar-refractivity contribution in [3.05, 3.63) is 384 Å². The Balaban J connectivity index is 0.000000156. The van der Waals surface area contributed by atoms with Crippen LogP contribution in [0.3, 0.4) is 0 Å². The number of carbonyl (C=O) groups excluding carboxylic acids is 5. The predicted octanol–water partition coefficient (Wildman–Crippen LogP) is 23.3. The molecule has 0 bridgehead atoms. The lowest BCUT2D eigenvalue weighted by molar-refractivity contribution is 0.101. The predicted molar refractivity (Wildman–Crippen MR) is 477 cm³/mol. The molecular weight excluding hydrogens is 1650 g/mol. The molecule has 0 aliphatic heterocycles. The molecule has 10 aromatic carbocycles. The molecule has 0 saturated heterocycles. The molecule has 0 saturated carbocycles. The number of aromatic nitrogens is 10. The fraction of sp³-hybridized carbons (Fsp3) is 0.0860. The fourth-order valence-electron chi connectivity index (χ4n) is 11.2. The van der Waals surface area contributed by atoms with E-state index in [0.717, 1.165) is 101 Å². The molecule has 5 amide bonds. The van der Waals surface area contributed by atoms with Gasteiger partial charge in [-0.15, -0.1) is 0 Å². The third kappa shape index (κ3) is 26.0. The zero-order valence-corrected chi connectivity index (χ0v) is 69.0. The number of hydrogen-bond donors (Lipinski definition) is 5. The van der Waals surface area contributed by atoms with Crippen LogP contribution in [-0.2, 0) is 0 Å². The zero-order valence-electron chi connectivity index (χ0n) is 64.4. The van der Waals surface area contributed by atoms with Gasteiger partial charge in [0.15, 0.2) is 0 Å². The van der Waals surface area contributed by atoms with E-state index in [1.54, 1.807) is 135 Å². The van der Waals surface area contributed by atoms with Gasteiger partial charge in [-0.2, -0.15) is 0 Å². The van der Waals surface area contributed by atoms with Crippen molar-refractivity contribution < 1.29 is 28.4 Å². The SMILES string of the molecule is C.Cc1nccc(-c2ccc(NC(=O)c3cc(Cl)cc(Cl)c3)cc2)n1.Cc1nccc(-c2ccc(NC(=O)c3ccc(Br)cc3)cc2)n1.Cc1nccc(-c2ccc(NC(=O)c3ccc(Cl)c(C)c3)cc2)n1.Cc1nccc(-c2ccc(NC(=O)c3ccc(Cl)cc3)cc2)n1.Cc1nccc(-c2ccc(NC(=O)c3cccc(C)c3F)cc2)n1. The van der Waals surface area contributed by atoms with Crippen LogP contribution in [-0.4, -0.2) is 79.4 Å². The van der Waals surface area contributed by atoms with Crippen LogP contribution in [0.2, 0.25) is 20.1 Å². The highest BCUT2D eigenvalue weighted by Crippen LogP contribution is 2.28. The van der Waals surface area contributed by atoms with Gasteiger partial charge in [-0.25, -0.2) is 54.2 Å². The molecule has 5 aromatic heterocycles. The summed E-state index contributed by atoms with van der Waals surface area (Å²) in [6.45, 7) is 12.7. The van der Waals surface area contributed by atoms with Crippen LogP contribution in [0.1, 0.15) is 99.5 Å². The van der Waals surface area contributed by atoms with Crippen molar-refractivity contribution in [3.8, 4) is 56.3 Å². The molecule has 5 N–H and O–H groups in total. The van der Waals surface area contributed by atoms with Crippen LogP contribution in [0.25, 0.3) is 56.3 Å². The fourth-order valence-corrected chi connectivity index (χ4v) is 12.2. The topological polar surface area (TPSA) is 274 Å². The molecule has 0 fully saturated rings. The second kappa shape index (κ2) is 42.4. The Labute approximate surface area is 716 Å². The highest BCUT2D eigenvalue weighted by Gasteiger charge is 2.17. The lowest BCUT2D eigenvalue weighted by Gasteiger charge is -2.08. The molecular formula is C93H77BrCl4FN15O5. The summed E-state index contributed by atoms with van der Waals surface area (Å²) in [5, 5.41) is 16.2. The molecule has 15 aromatic rings. The van der Waals surface area contributed by atoms with Crippen molar-refractivity contribution in [1.82, 2.24) is 49.8 Å². The molecule has 20 nitrogen and oxygen atoms in total. The Morgan fingerprint density at radius 2 is 0.580 bits per heavy atom. The molecule has 0 radical (unpaired) electrons. The van der Waals surface area contributed by atoms with E-state index in [4.69, 9.17) is 46.4 Å². The average molecular weight is 1730 g/mol. The van der Waals surface area contributed by atoms with Crippen LogP contribution in [0.15, 0.2) is 290 Å². The summed E-state index contributed by atoms with van der Waals surface area (Å²) >= 11 is 27.0. The summed E-state index contributed by atoms with van der Waals surface area (Å²) < 4.78 is 14.9. The molecule has 26 heteroatoms. The average Bonchev–Trinajstić information content (AvgIpc) is 0.832. The summed E-state index contributed by atoms with van der Waals surface area (Å²) in [4.78, 5) is 103. The lowest BCUT2D eigenvalue weighted by atomic mass is 10.1. The summed E-state index contributed by atoms with van der Waals surface area (Å²) in [5.41, 5.74) is 16.0. The number of anilines is 5. The van der Waals surface area contributed by atoms with Crippen LogP contribution >= 0.6 is 62.3 Å². The molecule has 0 aliphatic carbocycles. The number of hydrogen-bond acceptors (Lipinski definition) is 15. The van der Waals surface area contributed by atoms with Gasteiger partial charge in [0.2, 0.25) is 0 Å². The Bertz CT molecular complexity index is 5900. The van der Waals surface area contributed by atoms with Gasteiger partial charge in [0, 0.05) is 134 Å². The summed E-state index contributed by atoms with van der Waals surface area (Å²) in [7, 11) is 0. The van der Waals surface area contributed by atoms with E-state index in [0.29, 0.717) is 70.9 Å². The van der Waals surface area contributed by atoms with Gasteiger partial charge >= 0.3 is 0 Å². The first kappa shape index (κ1) is 87.9. The highest BCUT2D eigenvalue weighted by atomic mass is 79.9. The van der Waals surface area contributed by atoms with Crippen LogP contribution in [0.4, 0.5) is 32.8 Å². The lowest BCUT2D eigenvalue weighted by Crippen LogP contribution is -2.14. The van der Waals surface area contributed by atoms with Crippen molar-refractivity contribution in [2.24, 2.45) is 0 Å². The number of rotatable bonds is 15. The highest BCUT2D eigenvalue weighted by molar-refractivity contribution is 9.10. The van der Waals surface area contributed by atoms with Gasteiger partial charge < -0.3 is 26.6 Å². The van der Waals surface area contributed by atoms with Gasteiger partial charge in [0.25, 0.3) is 29.5 Å². The molecule has 0 spiro atoms. The second-order valence-electron chi connectivity index (χ2n) is 26.2. The number of nitrogens with zero attached hydrogens (tertiary/aromatic N) is 10. The van der Waals surface area contributed by atoms with E-state index in [9.17, 15) is 28.4 Å². The maximum absolute atomic E-state index is 14.0. The number of halogens is 6. The summed E-state index contributed by atoms with van der Waals surface area (Å²) in [6, 6.07) is 75.2. The third-order valence-electron chi connectivity index (χ3n) is 17.3. The normalized spacial score (nSPS) is 10.3. The molecule has 5 heterocycles. The first-order valence-electron chi connectivity index (χ1n) is 36.4. The van der Waals surface area contributed by atoms with Gasteiger partial charge in [-0.3, -0.25) is 24.0 Å². The Morgan fingerprint density at radius 1 is 0.294 bits per heavy atom. The van der Waals surface area contributed by atoms with E-state index in [1.807, 2.05) is 193 Å². The molecule has 15 rings (SSSR count). The molecule has 119 heavy (non-hydrogen) atoms. The first-order chi connectivity index (χ1) is 56.8. The monoisotopic (exact) mass is 1720 g/mol. The number of carbonyl (C=O) groups is 5. The minimum atomic E-state index is -0.497. The second-order valence-corrected chi connectivity index (χ2v) is 28.8. The minimum absolute atomic E-state index is 0. The maximum atomic E-state index is 14.0. The van der Waals surface area contributed by atoms with Crippen molar-refractivity contribution in [2.45, 2.75) is 55.9 Å². The Morgan fingerprint density at radius 3 is 0.891 bits per heavy atom. The van der Waals surface area contributed by atoms with Crippen LogP contribution in [0, 0.1) is 54.3 Å². The molecule has 0 aliphatic rings. The van der Waals surface area contributed by atoms with E-state index < -0.39 is 11.7 Å². The number of benzene rings is 10. The number of nitrogens with one attached hydrogen (secondary N) is 5. The van der Waals surface area contributed by atoms with Crippen molar-refractivity contribution in [1.29, 1.82) is 0 Å². The standard InChI is InChI=1S/C19H16ClN3O.C19H16FN3O.C18H14BrN3O.C18H13Cl2N3O.C18H14ClN3O.CH4/c1-12-11-15(5-8-17(12)20)19(24)23-16-6-3-14(4-7-16)18-9-10-21-13(2)22-18;1-12-4-3-5-16(18(12)20)19(24)23-15-8-6-14(7-9-15)17-10-11-21-13(2)22-17;1-12-20-11-10-17(21-12)13-4-8-16(9-5-13)22-18(23)14-2-6-15(19)7-3-14;1-11-21-7-6-17(22-11)12-2-4-16(5-3-12)23-18(24)13-8-14(19)10-15(20)9-13;1-12-20-11-10-17(21-12)13-4-8-16(9-5-13)22-18(23)14-2-6-15(19)7-3-14;/h2*3-11H,1-2H3,(H,23,24);2-11H,1H3,(H,22,23);2-10H,1H3,(H,23,24);2-11H,1H3,(H,22,23);1H4. The Kier molecular flexibility index (Phi) is 31.3. The number of amides is 5. The Hall–Kier alpha value is -13.5. The summed E-state index contributed by atoms with van der Waals surface area (Å²) in [6.07, 6.45) is 8.62. The van der Waals surface area contributed by atoms with Crippen molar-refractivity contribution >= 4 is 120 Å². The van der Waals surface area contributed by atoms with Gasteiger partial charge in [0.05, 0.1) is 34.0 Å².